The molecule has 0 aliphatic carbocycles. The Morgan fingerprint density at radius 2 is 0.947 bits per heavy atom. The molecule has 6 aromatic carbocycles. The van der Waals surface area contributed by atoms with E-state index in [0.29, 0.717) is 33.4 Å². The van der Waals surface area contributed by atoms with Crippen molar-refractivity contribution < 1.29 is 71.4 Å². The van der Waals surface area contributed by atoms with Gasteiger partial charge in [-0.1, -0.05) is 73.4 Å². The van der Waals surface area contributed by atoms with Gasteiger partial charge in [0.05, 0.1) is 41.1 Å². The molecule has 0 spiro atoms. The van der Waals surface area contributed by atoms with Crippen LogP contribution in [0.1, 0.15) is 45.7 Å². The van der Waals surface area contributed by atoms with Crippen LogP contribution in [-0.2, 0) is 67.1 Å². The number of esters is 1. The van der Waals surface area contributed by atoms with Crippen LogP contribution in [0.4, 0.5) is 8.78 Å². The zero-order valence-electron chi connectivity index (χ0n) is 42.1. The van der Waals surface area contributed by atoms with Crippen molar-refractivity contribution in [3.63, 3.8) is 0 Å². The van der Waals surface area contributed by atoms with E-state index in [1.54, 1.807) is 82.3 Å². The molecule has 0 bridgehead atoms. The third kappa shape index (κ3) is 15.8. The highest BCUT2D eigenvalue weighted by atomic mass is 35.5. The van der Waals surface area contributed by atoms with Crippen LogP contribution >= 0.6 is 23.2 Å². The predicted molar refractivity (Wildman–Crippen MR) is 284 cm³/mol. The summed E-state index contributed by atoms with van der Waals surface area (Å²) >= 11 is 11.5. The first-order valence-corrected chi connectivity index (χ1v) is 29.8. The maximum atomic E-state index is 13.6. The summed E-state index contributed by atoms with van der Waals surface area (Å²) in [6, 6.07) is 28.1. The van der Waals surface area contributed by atoms with Crippen LogP contribution in [0.25, 0.3) is 22.3 Å². The number of carboxylic acid groups (broad SMARTS) is 1. The standard InChI is InChI=1S/C28H31ClFNO7S2.C24H23ClFNO7S2/c1-6-39(33,34)21-9-7-8-20(15-21)23-14-19(10-13-26(23)37-18-27(32)38-28(2,3)4)17-31(5)40(35,36)22-11-12-25(30)24(29)16-22;1-3-35(30,31)18-6-4-5-17(12-18)20-11-16(7-10-23(20)34-15-24(28)29)14-27(2)36(32,33)19-8-9-22(26)21(25)13-19/h7-16H,6,17-18H2,1-5H3;4-13H,3,14-15H2,1-2H3,(H,28,29). The maximum Gasteiger partial charge on any atom is 0.344 e. The molecule has 0 saturated heterocycles. The number of carboxylic acids is 1. The molecule has 6 aromatic rings. The molecular weight excluding hydrogens is 1110 g/mol. The number of carbonyl (C=O) groups is 2. The molecule has 6 rings (SSSR count). The quantitative estimate of drug-likeness (QED) is 0.0703. The van der Waals surface area contributed by atoms with E-state index in [2.05, 4.69) is 0 Å². The zero-order chi connectivity index (χ0) is 56.6. The summed E-state index contributed by atoms with van der Waals surface area (Å²) in [5, 5.41) is 8.38. The molecule has 0 amide bonds. The second kappa shape index (κ2) is 25.0. The number of carbonyl (C=O) groups excluding carboxylic acids is 1. The molecule has 0 unspecified atom stereocenters. The summed E-state index contributed by atoms with van der Waals surface area (Å²) in [6.07, 6.45) is 0. The number of rotatable bonds is 20. The number of ether oxygens (including phenoxy) is 3. The number of hydrogen-bond acceptors (Lipinski definition) is 13. The number of halogens is 4. The Labute approximate surface area is 451 Å². The van der Waals surface area contributed by atoms with Gasteiger partial charge in [-0.2, -0.15) is 8.61 Å². The van der Waals surface area contributed by atoms with Crippen molar-refractivity contribution in [2.45, 2.75) is 72.9 Å². The van der Waals surface area contributed by atoms with E-state index in [-0.39, 0.29) is 65.7 Å². The van der Waals surface area contributed by atoms with Crippen molar-refractivity contribution in [1.82, 2.24) is 8.61 Å². The topological polar surface area (TPSA) is 225 Å². The van der Waals surface area contributed by atoms with Gasteiger partial charge in [0.1, 0.15) is 28.7 Å². The zero-order valence-corrected chi connectivity index (χ0v) is 46.9. The molecule has 0 atom stereocenters. The minimum absolute atomic E-state index is 0.0797. The number of benzene rings is 6. The lowest BCUT2D eigenvalue weighted by Crippen LogP contribution is -2.27. The van der Waals surface area contributed by atoms with Crippen LogP contribution in [-0.4, -0.2) is 104 Å². The Kier molecular flexibility index (Phi) is 20.0. The van der Waals surface area contributed by atoms with E-state index in [4.69, 9.17) is 42.5 Å². The molecule has 0 aliphatic rings. The van der Waals surface area contributed by atoms with Crippen LogP contribution in [0, 0.1) is 11.6 Å². The van der Waals surface area contributed by atoms with Crippen LogP contribution < -0.4 is 9.47 Å². The van der Waals surface area contributed by atoms with E-state index >= 15 is 0 Å². The van der Waals surface area contributed by atoms with Crippen molar-refractivity contribution in [2.75, 3.05) is 38.8 Å². The van der Waals surface area contributed by atoms with E-state index in [1.165, 1.54) is 51.4 Å². The molecule has 0 aliphatic heterocycles. The lowest BCUT2D eigenvalue weighted by atomic mass is 10.0. The van der Waals surface area contributed by atoms with Gasteiger partial charge in [-0.3, -0.25) is 0 Å². The Balaban J connectivity index is 0.000000282. The average molecular weight is 1170 g/mol. The molecular formula is C52H54Cl2F2N2O14S4. The summed E-state index contributed by atoms with van der Waals surface area (Å²) in [4.78, 5) is 23.2. The van der Waals surface area contributed by atoms with Gasteiger partial charge in [0, 0.05) is 38.3 Å². The lowest BCUT2D eigenvalue weighted by Gasteiger charge is -2.21. The summed E-state index contributed by atoms with van der Waals surface area (Å²) in [5.74, 6) is -3.00. The first kappa shape index (κ1) is 60.9. The van der Waals surface area contributed by atoms with Crippen molar-refractivity contribution in [2.24, 2.45) is 0 Å². The molecule has 16 nitrogen and oxygen atoms in total. The van der Waals surface area contributed by atoms with E-state index < -0.39 is 82.1 Å². The summed E-state index contributed by atoms with van der Waals surface area (Å²) in [5.41, 5.74) is 2.12. The number of sulfonamides is 2. The molecule has 76 heavy (non-hydrogen) atoms. The predicted octanol–water partition coefficient (Wildman–Crippen LogP) is 9.70. The summed E-state index contributed by atoms with van der Waals surface area (Å²) < 4.78 is 148. The number of hydrogen-bond donors (Lipinski definition) is 1. The minimum Gasteiger partial charge on any atom is -0.481 e. The van der Waals surface area contributed by atoms with Gasteiger partial charge in [0.25, 0.3) is 0 Å². The van der Waals surface area contributed by atoms with Crippen molar-refractivity contribution in [3.05, 3.63) is 154 Å². The van der Waals surface area contributed by atoms with Crippen molar-refractivity contribution in [1.29, 1.82) is 0 Å². The SMILES string of the molecule is CCS(=O)(=O)c1cccc(-c2cc(CN(C)S(=O)(=O)c3ccc(F)c(Cl)c3)ccc2OCC(=O)O)c1.CCS(=O)(=O)c1cccc(-c2cc(CN(C)S(=O)(=O)c3ccc(F)c(Cl)c3)ccc2OCC(=O)OC(C)(C)C)c1. The molecule has 24 heteroatoms. The molecule has 0 radical (unpaired) electrons. The molecule has 0 heterocycles. The first-order chi connectivity index (χ1) is 35.4. The number of aliphatic carboxylic acids is 1. The molecule has 1 N–H and O–H groups in total. The Bertz CT molecular complexity index is 3600. The van der Waals surface area contributed by atoms with Crippen LogP contribution in [0.15, 0.2) is 141 Å². The Morgan fingerprint density at radius 3 is 1.30 bits per heavy atom. The van der Waals surface area contributed by atoms with Crippen molar-refractivity contribution in [3.8, 4) is 33.8 Å². The fourth-order valence-electron chi connectivity index (χ4n) is 7.07. The third-order valence-electron chi connectivity index (χ3n) is 11.0. The fourth-order valence-corrected chi connectivity index (χ4v) is 11.8. The highest BCUT2D eigenvalue weighted by Crippen LogP contribution is 2.36. The van der Waals surface area contributed by atoms with Gasteiger partial charge < -0.3 is 19.3 Å². The van der Waals surface area contributed by atoms with Gasteiger partial charge in [0.2, 0.25) is 20.0 Å². The van der Waals surface area contributed by atoms with Crippen LogP contribution in [0.5, 0.6) is 11.5 Å². The minimum atomic E-state index is -4.02. The van der Waals surface area contributed by atoms with Gasteiger partial charge in [-0.25, -0.2) is 52.0 Å². The first-order valence-electron chi connectivity index (χ1n) is 22.8. The molecule has 0 fully saturated rings. The number of nitrogens with zero attached hydrogens (tertiary/aromatic N) is 2. The Morgan fingerprint density at radius 1 is 0.553 bits per heavy atom. The number of sulfone groups is 2. The lowest BCUT2D eigenvalue weighted by molar-refractivity contribution is -0.157. The highest BCUT2D eigenvalue weighted by Gasteiger charge is 2.26. The maximum absolute atomic E-state index is 13.6. The van der Waals surface area contributed by atoms with Crippen LogP contribution in [0.2, 0.25) is 10.0 Å². The third-order valence-corrected chi connectivity index (χ3v) is 18.6. The molecule has 0 aromatic heterocycles. The van der Waals surface area contributed by atoms with Gasteiger partial charge in [0.15, 0.2) is 32.9 Å². The monoisotopic (exact) mass is 1170 g/mol. The van der Waals surface area contributed by atoms with Gasteiger partial charge >= 0.3 is 11.9 Å². The average Bonchev–Trinajstić information content (AvgIpc) is 3.36. The molecule has 0 saturated carbocycles. The second-order valence-electron chi connectivity index (χ2n) is 17.8. The fraction of sp³-hybridized carbons (Fsp3) is 0.269. The normalized spacial score (nSPS) is 12.2. The van der Waals surface area contributed by atoms with E-state index in [9.17, 15) is 52.0 Å². The largest absolute Gasteiger partial charge is 0.481 e. The van der Waals surface area contributed by atoms with Crippen LogP contribution in [0.3, 0.4) is 0 Å². The van der Waals surface area contributed by atoms with Gasteiger partial charge in [-0.05, 0) is 128 Å². The molecule has 408 valence electrons. The van der Waals surface area contributed by atoms with E-state index in [0.717, 1.165) is 45.0 Å². The highest BCUT2D eigenvalue weighted by molar-refractivity contribution is 7.91. The van der Waals surface area contributed by atoms with E-state index in [1.807, 2.05) is 0 Å². The van der Waals surface area contributed by atoms with Gasteiger partial charge in [-0.15, -0.1) is 0 Å². The summed E-state index contributed by atoms with van der Waals surface area (Å²) in [7, 11) is -12.4. The smallest absolute Gasteiger partial charge is 0.344 e. The van der Waals surface area contributed by atoms with Crippen molar-refractivity contribution >= 4 is 74.9 Å². The second-order valence-corrected chi connectivity index (χ2v) is 27.2. The Hall–Kier alpha value is -5.98. The summed E-state index contributed by atoms with van der Waals surface area (Å²) in [6.45, 7) is 7.06.